The summed E-state index contributed by atoms with van der Waals surface area (Å²) in [5, 5.41) is 0. The van der Waals surface area contributed by atoms with Crippen molar-refractivity contribution in [1.29, 1.82) is 0 Å². The molecule has 0 saturated carbocycles. The van der Waals surface area contributed by atoms with Gasteiger partial charge in [-0.15, -0.1) is 0 Å². The van der Waals surface area contributed by atoms with Crippen LogP contribution in [0.2, 0.25) is 0 Å². The summed E-state index contributed by atoms with van der Waals surface area (Å²) in [5.74, 6) is 0. The molecule has 0 atom stereocenters. The zero-order valence-corrected chi connectivity index (χ0v) is 4.69. The summed E-state index contributed by atoms with van der Waals surface area (Å²) in [6.07, 6.45) is 0. The van der Waals surface area contributed by atoms with Gasteiger partial charge in [-0.1, -0.05) is 0 Å². The van der Waals surface area contributed by atoms with Gasteiger partial charge in [0.05, 0.1) is 0 Å². The van der Waals surface area contributed by atoms with Gasteiger partial charge in [0.1, 0.15) is 0 Å². The van der Waals surface area contributed by atoms with E-state index in [9.17, 15) is 0 Å². The van der Waals surface area contributed by atoms with Gasteiger partial charge in [-0.05, 0) is 0 Å². The fraction of sp³-hybridized carbons (Fsp3) is 0. The summed E-state index contributed by atoms with van der Waals surface area (Å²) < 4.78 is 22.8. The molecule has 4 nitrogen and oxygen atoms in total. The molecule has 0 aromatic rings. The molecule has 0 aromatic heterocycles. The van der Waals surface area contributed by atoms with E-state index in [1.54, 1.807) is 0 Å². The molecule has 0 aliphatic carbocycles. The van der Waals surface area contributed by atoms with E-state index in [0.717, 1.165) is 0 Å². The van der Waals surface area contributed by atoms with Crippen LogP contribution < -0.4 is 6.15 Å². The van der Waals surface area contributed by atoms with Crippen molar-refractivity contribution in [2.24, 2.45) is 0 Å². The van der Waals surface area contributed by atoms with E-state index in [4.69, 9.17) is 13.3 Å². The molecule has 0 amide bonds. The minimum absolute atomic E-state index is 0. The van der Waals surface area contributed by atoms with Crippen molar-refractivity contribution < 1.29 is 30.4 Å². The fourth-order valence-corrected chi connectivity index (χ4v) is 0. The van der Waals surface area contributed by atoms with E-state index in [1.165, 1.54) is 0 Å². The fourth-order valence-electron chi connectivity index (χ4n) is 0. The van der Waals surface area contributed by atoms with Gasteiger partial charge >= 0.3 is 29.6 Å². The topological polar surface area (TPSA) is 92.5 Å². The third-order valence-corrected chi connectivity index (χ3v) is 0. The predicted molar refractivity (Wildman–Crippen MR) is 25.6 cm³/mol. The molecule has 0 aliphatic heterocycles. The molecule has 0 radical (unpaired) electrons. The summed E-state index contributed by atoms with van der Waals surface area (Å²) in [6, 6.07) is 0. The first-order valence-corrected chi connectivity index (χ1v) is 1.60. The van der Waals surface area contributed by atoms with Gasteiger partial charge in [0.15, 0.2) is 0 Å². The van der Waals surface area contributed by atoms with Gasteiger partial charge in [-0.25, -0.2) is 0 Å². The van der Waals surface area contributed by atoms with Gasteiger partial charge in [-0.2, -0.15) is 4.21 Å². The first-order chi connectivity index (χ1) is 1.73. The van der Waals surface area contributed by atoms with E-state index in [0.29, 0.717) is 0 Å². The molecule has 0 saturated heterocycles. The molecule has 7 heavy (non-hydrogen) atoms. The van der Waals surface area contributed by atoms with Crippen molar-refractivity contribution >= 4 is 40.9 Å². The second-order valence-corrected chi connectivity index (χ2v) is 0.692. The Labute approximate surface area is 76.9 Å². The molecule has 7 heteroatoms. The van der Waals surface area contributed by atoms with Gasteiger partial charge in [0, 0.05) is 17.1 Å². The van der Waals surface area contributed by atoms with Crippen LogP contribution in [-0.2, 0) is 28.4 Å². The standard InChI is InChI=1S/Fe.H3N.Na.H2O3S.H/c;;;1-4(2)3;/h;1H3;;(H2,1,2,3);. The van der Waals surface area contributed by atoms with E-state index >= 15 is 0 Å². The molecule has 0 heterocycles. The monoisotopic (exact) mass is 179 g/mol. The van der Waals surface area contributed by atoms with Crippen molar-refractivity contribution in [3.8, 4) is 0 Å². The molecule has 0 bridgehead atoms. The average Bonchev–Trinajstić information content (AvgIpc) is 0.811. The third kappa shape index (κ3) is 96.8. The molecule has 0 rings (SSSR count). The molecule has 44 valence electrons. The maximum atomic E-state index is 8.67. The first-order valence-electron chi connectivity index (χ1n) is 0.532. The van der Waals surface area contributed by atoms with Gasteiger partial charge in [0.25, 0.3) is 11.4 Å². The van der Waals surface area contributed by atoms with Crippen LogP contribution >= 0.6 is 0 Å². The van der Waals surface area contributed by atoms with E-state index in [1.807, 2.05) is 0 Å². The SMILES string of the molecule is N.O=S(O)O.[Fe].[NaH]. The number of rotatable bonds is 0. The Morgan fingerprint density at radius 1 is 1.29 bits per heavy atom. The summed E-state index contributed by atoms with van der Waals surface area (Å²) in [7, 11) is 0. The van der Waals surface area contributed by atoms with Crippen molar-refractivity contribution in [1.82, 2.24) is 6.15 Å². The molecule has 5 N–H and O–H groups in total. The Bertz CT molecular complexity index is 37.9. The van der Waals surface area contributed by atoms with E-state index in [-0.39, 0.29) is 52.8 Å². The molecule has 0 fully saturated rings. The summed E-state index contributed by atoms with van der Waals surface area (Å²) in [4.78, 5) is 0. The Balaban J connectivity index is -0.0000000150. The summed E-state index contributed by atoms with van der Waals surface area (Å²) >= 11 is -2.61. The summed E-state index contributed by atoms with van der Waals surface area (Å²) in [6.45, 7) is 0. The van der Waals surface area contributed by atoms with Crippen LogP contribution in [0.4, 0.5) is 0 Å². The van der Waals surface area contributed by atoms with Gasteiger partial charge in [-0.3, -0.25) is 9.11 Å². The van der Waals surface area contributed by atoms with Gasteiger partial charge < -0.3 is 6.15 Å². The quantitative estimate of drug-likeness (QED) is 0.335. The first kappa shape index (κ1) is 23.5. The van der Waals surface area contributed by atoms with Crippen LogP contribution in [0.3, 0.4) is 0 Å². The Kier molecular flexibility index (Phi) is 52.6. The molecule has 0 aromatic carbocycles. The van der Waals surface area contributed by atoms with E-state index in [2.05, 4.69) is 0 Å². The second-order valence-electron chi connectivity index (χ2n) is 0.231. The number of hydrogen-bond acceptors (Lipinski definition) is 2. The third-order valence-electron chi connectivity index (χ3n) is 0. The molecule has 0 spiro atoms. The van der Waals surface area contributed by atoms with Crippen LogP contribution in [0.5, 0.6) is 0 Å². The second kappa shape index (κ2) is 15.6. The zero-order chi connectivity index (χ0) is 3.58. The van der Waals surface area contributed by atoms with Crippen LogP contribution in [0.25, 0.3) is 0 Å². The van der Waals surface area contributed by atoms with Crippen LogP contribution in [0.1, 0.15) is 0 Å². The van der Waals surface area contributed by atoms with Crippen LogP contribution in [0.15, 0.2) is 0 Å². The Hall–Kier alpha value is 1.55. The molecular formula is H6FeNNaO3S. The van der Waals surface area contributed by atoms with Crippen LogP contribution in [-0.4, -0.2) is 42.9 Å². The average molecular weight is 179 g/mol. The van der Waals surface area contributed by atoms with Crippen molar-refractivity contribution in [3.63, 3.8) is 0 Å². The van der Waals surface area contributed by atoms with Crippen molar-refractivity contribution in [2.75, 3.05) is 0 Å². The zero-order valence-electron chi connectivity index (χ0n) is 2.77. The van der Waals surface area contributed by atoms with Crippen molar-refractivity contribution in [2.45, 2.75) is 0 Å². The maximum absolute atomic E-state index is 8.67. The number of hydrogen-bond donors (Lipinski definition) is 3. The normalized spacial score (nSPS) is 5.00. The molecule has 0 aliphatic rings. The van der Waals surface area contributed by atoms with E-state index < -0.39 is 11.4 Å². The van der Waals surface area contributed by atoms with Gasteiger partial charge in [0.2, 0.25) is 0 Å². The minimum atomic E-state index is -2.61. The Morgan fingerprint density at radius 3 is 1.29 bits per heavy atom. The van der Waals surface area contributed by atoms with Crippen LogP contribution in [0, 0.1) is 0 Å². The molecular weight excluding hydrogens is 173 g/mol. The molecule has 0 unspecified atom stereocenters. The summed E-state index contributed by atoms with van der Waals surface area (Å²) in [5.41, 5.74) is 0. The van der Waals surface area contributed by atoms with Crippen molar-refractivity contribution in [3.05, 3.63) is 0 Å². The Morgan fingerprint density at radius 2 is 1.29 bits per heavy atom. The predicted octanol–water partition coefficient (Wildman–Crippen LogP) is -0.808.